The average Bonchev–Trinajstić information content (AvgIpc) is 2.96. The van der Waals surface area contributed by atoms with Crippen LogP contribution in [0.2, 0.25) is 5.02 Å². The smallest absolute Gasteiger partial charge is 0.375 e. The molecule has 1 amide bonds. The maximum absolute atomic E-state index is 12.3. The number of benzene rings is 2. The van der Waals surface area contributed by atoms with Gasteiger partial charge >= 0.3 is 5.97 Å². The number of hydrogen-bond acceptors (Lipinski definition) is 4. The summed E-state index contributed by atoms with van der Waals surface area (Å²) in [6.45, 7) is 3.35. The lowest BCUT2D eigenvalue weighted by Crippen LogP contribution is -2.21. The molecular weight excluding hydrogens is 354 g/mol. The summed E-state index contributed by atoms with van der Waals surface area (Å²) in [4.78, 5) is 24.4. The summed E-state index contributed by atoms with van der Waals surface area (Å²) < 4.78 is 10.6. The van der Waals surface area contributed by atoms with E-state index in [0.717, 1.165) is 17.4 Å². The number of esters is 1. The standard InChI is InChI=1S/C20H18ClNO4/c1-3-13-6-4-5-7-16(13)22-18(23)11-25-20(24)19-12(2)15-10-14(21)8-9-17(15)26-19/h4-10H,3,11H2,1-2H3,(H,22,23). The first kappa shape index (κ1) is 18.0. The first-order chi connectivity index (χ1) is 12.5. The number of aryl methyl sites for hydroxylation is 2. The van der Waals surface area contributed by atoms with Crippen LogP contribution >= 0.6 is 11.6 Å². The molecule has 0 atom stereocenters. The van der Waals surface area contributed by atoms with Gasteiger partial charge < -0.3 is 14.5 Å². The van der Waals surface area contributed by atoms with Crippen LogP contribution in [0.4, 0.5) is 5.69 Å². The van der Waals surface area contributed by atoms with Crippen molar-refractivity contribution in [1.29, 1.82) is 0 Å². The van der Waals surface area contributed by atoms with E-state index in [1.807, 2.05) is 31.2 Å². The minimum Gasteiger partial charge on any atom is -0.450 e. The number of furan rings is 1. The zero-order valence-corrected chi connectivity index (χ0v) is 15.2. The summed E-state index contributed by atoms with van der Waals surface area (Å²) >= 11 is 5.97. The second-order valence-corrected chi connectivity index (χ2v) is 6.27. The average molecular weight is 372 g/mol. The van der Waals surface area contributed by atoms with Gasteiger partial charge in [0.05, 0.1) is 0 Å². The van der Waals surface area contributed by atoms with Crippen molar-refractivity contribution in [1.82, 2.24) is 0 Å². The molecule has 5 nitrogen and oxygen atoms in total. The van der Waals surface area contributed by atoms with Crippen LogP contribution in [-0.2, 0) is 16.0 Å². The lowest BCUT2D eigenvalue weighted by molar-refractivity contribution is -0.119. The van der Waals surface area contributed by atoms with Crippen molar-refractivity contribution in [2.45, 2.75) is 20.3 Å². The van der Waals surface area contributed by atoms with Crippen molar-refractivity contribution in [2.24, 2.45) is 0 Å². The highest BCUT2D eigenvalue weighted by Crippen LogP contribution is 2.28. The Kier molecular flexibility index (Phi) is 5.28. The molecule has 134 valence electrons. The number of para-hydroxylation sites is 1. The fraction of sp³-hybridized carbons (Fsp3) is 0.200. The van der Waals surface area contributed by atoms with Gasteiger partial charge in [-0.05, 0) is 43.2 Å². The van der Waals surface area contributed by atoms with Crippen molar-refractivity contribution in [3.8, 4) is 0 Å². The van der Waals surface area contributed by atoms with Crippen molar-refractivity contribution in [3.63, 3.8) is 0 Å². The fourth-order valence-corrected chi connectivity index (χ4v) is 2.89. The molecule has 0 bridgehead atoms. The van der Waals surface area contributed by atoms with Crippen molar-refractivity contribution in [2.75, 3.05) is 11.9 Å². The summed E-state index contributed by atoms with van der Waals surface area (Å²) in [5, 5.41) is 4.05. The Balaban J connectivity index is 1.67. The zero-order valence-electron chi connectivity index (χ0n) is 14.5. The Morgan fingerprint density at radius 2 is 1.96 bits per heavy atom. The Hall–Kier alpha value is -2.79. The van der Waals surface area contributed by atoms with Crippen molar-refractivity contribution >= 4 is 40.1 Å². The second-order valence-electron chi connectivity index (χ2n) is 5.83. The van der Waals surface area contributed by atoms with E-state index in [-0.39, 0.29) is 5.76 Å². The summed E-state index contributed by atoms with van der Waals surface area (Å²) in [5.74, 6) is -1.02. The Morgan fingerprint density at radius 1 is 1.19 bits per heavy atom. The normalized spacial score (nSPS) is 10.7. The van der Waals surface area contributed by atoms with Crippen LogP contribution in [0.3, 0.4) is 0 Å². The predicted octanol–water partition coefficient (Wildman–Crippen LogP) is 4.75. The molecule has 0 saturated carbocycles. The highest BCUT2D eigenvalue weighted by atomic mass is 35.5. The quantitative estimate of drug-likeness (QED) is 0.657. The first-order valence-electron chi connectivity index (χ1n) is 8.23. The van der Waals surface area contributed by atoms with Gasteiger partial charge in [-0.1, -0.05) is 36.7 Å². The van der Waals surface area contributed by atoms with Crippen molar-refractivity contribution < 1.29 is 18.7 Å². The molecule has 0 aliphatic heterocycles. The molecule has 0 fully saturated rings. The van der Waals surface area contributed by atoms with Crippen LogP contribution in [0, 0.1) is 6.92 Å². The number of anilines is 1. The maximum atomic E-state index is 12.3. The van der Waals surface area contributed by atoms with Gasteiger partial charge in [0.15, 0.2) is 6.61 Å². The van der Waals surface area contributed by atoms with Gasteiger partial charge in [-0.2, -0.15) is 0 Å². The summed E-state index contributed by atoms with van der Waals surface area (Å²) in [6, 6.07) is 12.6. The Bertz CT molecular complexity index is 977. The number of rotatable bonds is 5. The third-order valence-electron chi connectivity index (χ3n) is 4.09. The molecule has 26 heavy (non-hydrogen) atoms. The SMILES string of the molecule is CCc1ccccc1NC(=O)COC(=O)c1oc2ccc(Cl)cc2c1C. The van der Waals surface area contributed by atoms with Crippen LogP contribution in [0.25, 0.3) is 11.0 Å². The molecule has 0 radical (unpaired) electrons. The number of halogens is 1. The predicted molar refractivity (Wildman–Crippen MR) is 101 cm³/mol. The molecule has 6 heteroatoms. The van der Waals surface area contributed by atoms with Gasteiger partial charge in [0.1, 0.15) is 5.58 Å². The molecular formula is C20H18ClNO4. The molecule has 0 unspecified atom stereocenters. The van der Waals surface area contributed by atoms with Crippen molar-refractivity contribution in [3.05, 3.63) is 64.4 Å². The van der Waals surface area contributed by atoms with Crippen LogP contribution in [0.5, 0.6) is 0 Å². The molecule has 0 aliphatic rings. The minimum atomic E-state index is -0.686. The number of amides is 1. The molecule has 2 aromatic carbocycles. The van der Waals surface area contributed by atoms with Gasteiger partial charge in [0.25, 0.3) is 5.91 Å². The number of carbonyl (C=O) groups excluding carboxylic acids is 2. The number of ether oxygens (including phenoxy) is 1. The van der Waals surface area contributed by atoms with Crippen LogP contribution < -0.4 is 5.32 Å². The van der Waals surface area contributed by atoms with E-state index in [1.54, 1.807) is 25.1 Å². The molecule has 3 aromatic rings. The van der Waals surface area contributed by atoms with Crippen LogP contribution in [0.15, 0.2) is 46.9 Å². The number of fused-ring (bicyclic) bond motifs is 1. The highest BCUT2D eigenvalue weighted by molar-refractivity contribution is 6.31. The molecule has 0 aliphatic carbocycles. The van der Waals surface area contributed by atoms with E-state index >= 15 is 0 Å². The third kappa shape index (κ3) is 3.73. The summed E-state index contributed by atoms with van der Waals surface area (Å²) in [6.07, 6.45) is 0.789. The molecule has 1 N–H and O–H groups in total. The van der Waals surface area contributed by atoms with Gasteiger partial charge in [-0.15, -0.1) is 0 Å². The topological polar surface area (TPSA) is 68.5 Å². The van der Waals surface area contributed by atoms with Gasteiger partial charge in [0, 0.05) is 21.7 Å². The monoisotopic (exact) mass is 371 g/mol. The molecule has 1 aromatic heterocycles. The van der Waals surface area contributed by atoms with Gasteiger partial charge in [-0.25, -0.2) is 4.79 Å². The molecule has 1 heterocycles. The van der Waals surface area contributed by atoms with E-state index in [4.69, 9.17) is 20.8 Å². The van der Waals surface area contributed by atoms with E-state index in [9.17, 15) is 9.59 Å². The largest absolute Gasteiger partial charge is 0.450 e. The van der Waals surface area contributed by atoms with Crippen LogP contribution in [0.1, 0.15) is 28.6 Å². The minimum absolute atomic E-state index is 0.0732. The fourth-order valence-electron chi connectivity index (χ4n) is 2.72. The highest BCUT2D eigenvalue weighted by Gasteiger charge is 2.20. The number of nitrogens with one attached hydrogen (secondary N) is 1. The lowest BCUT2D eigenvalue weighted by atomic mass is 10.1. The summed E-state index contributed by atoms with van der Waals surface area (Å²) in [5.41, 5.74) is 2.90. The van der Waals surface area contributed by atoms with E-state index in [1.165, 1.54) is 0 Å². The zero-order chi connectivity index (χ0) is 18.7. The first-order valence-corrected chi connectivity index (χ1v) is 8.61. The second kappa shape index (κ2) is 7.62. The molecule has 3 rings (SSSR count). The van der Waals surface area contributed by atoms with Gasteiger partial charge in [0.2, 0.25) is 5.76 Å². The van der Waals surface area contributed by atoms with Crippen LogP contribution in [-0.4, -0.2) is 18.5 Å². The Labute approximate surface area is 155 Å². The summed E-state index contributed by atoms with van der Waals surface area (Å²) in [7, 11) is 0. The number of hydrogen-bond donors (Lipinski definition) is 1. The van der Waals surface area contributed by atoms with E-state index < -0.39 is 18.5 Å². The lowest BCUT2D eigenvalue weighted by Gasteiger charge is -2.09. The number of carbonyl (C=O) groups is 2. The van der Waals surface area contributed by atoms with E-state index in [2.05, 4.69) is 5.32 Å². The molecule has 0 saturated heterocycles. The third-order valence-corrected chi connectivity index (χ3v) is 4.33. The molecule has 0 spiro atoms. The van der Waals surface area contributed by atoms with E-state index in [0.29, 0.717) is 21.9 Å². The maximum Gasteiger partial charge on any atom is 0.375 e. The van der Waals surface area contributed by atoms with Gasteiger partial charge in [-0.3, -0.25) is 4.79 Å². The Morgan fingerprint density at radius 3 is 2.73 bits per heavy atom.